The Balaban J connectivity index is 2.49. The van der Waals surface area contributed by atoms with Crippen molar-refractivity contribution >= 4 is 5.91 Å². The molecule has 0 saturated carbocycles. The van der Waals surface area contributed by atoms with E-state index in [1.54, 1.807) is 4.90 Å². The molecule has 4 nitrogen and oxygen atoms in total. The average molecular weight is 241 g/mol. The summed E-state index contributed by atoms with van der Waals surface area (Å²) in [6.07, 6.45) is 6.95. The van der Waals surface area contributed by atoms with Crippen LogP contribution in [-0.2, 0) is 9.53 Å². The van der Waals surface area contributed by atoms with E-state index >= 15 is 0 Å². The first kappa shape index (κ1) is 14.0. The fourth-order valence-electron chi connectivity index (χ4n) is 1.85. The van der Waals surface area contributed by atoms with Crippen LogP contribution in [0.3, 0.4) is 0 Å². The molecule has 1 heterocycles. The van der Waals surface area contributed by atoms with E-state index < -0.39 is 0 Å². The molecule has 0 atom stereocenters. The molecule has 0 saturated heterocycles. The van der Waals surface area contributed by atoms with Crippen LogP contribution in [0.2, 0.25) is 0 Å². The minimum atomic E-state index is -0.0742. The van der Waals surface area contributed by atoms with E-state index in [4.69, 9.17) is 9.84 Å². The number of hydrogen-bond donors (Lipinski definition) is 1. The van der Waals surface area contributed by atoms with E-state index in [9.17, 15) is 4.79 Å². The molecule has 0 aromatic heterocycles. The maximum absolute atomic E-state index is 12.1. The zero-order valence-corrected chi connectivity index (χ0v) is 10.7. The Morgan fingerprint density at radius 3 is 2.88 bits per heavy atom. The lowest BCUT2D eigenvalue weighted by atomic mass is 10.2. The normalized spacial score (nSPS) is 15.1. The van der Waals surface area contributed by atoms with Crippen molar-refractivity contribution in [1.82, 2.24) is 4.90 Å². The van der Waals surface area contributed by atoms with Gasteiger partial charge in [0.15, 0.2) is 5.76 Å². The largest absolute Gasteiger partial charge is 0.488 e. The molecule has 0 radical (unpaired) electrons. The van der Waals surface area contributed by atoms with Gasteiger partial charge in [0.05, 0.1) is 13.2 Å². The summed E-state index contributed by atoms with van der Waals surface area (Å²) in [5.74, 6) is 0.385. The maximum Gasteiger partial charge on any atom is 0.288 e. The van der Waals surface area contributed by atoms with Crippen LogP contribution in [0.15, 0.2) is 11.8 Å². The van der Waals surface area contributed by atoms with Gasteiger partial charge in [-0.3, -0.25) is 4.79 Å². The molecule has 17 heavy (non-hydrogen) atoms. The monoisotopic (exact) mass is 241 g/mol. The molecule has 98 valence electrons. The zero-order chi connectivity index (χ0) is 12.5. The zero-order valence-electron chi connectivity index (χ0n) is 10.7. The van der Waals surface area contributed by atoms with Crippen molar-refractivity contribution in [2.24, 2.45) is 0 Å². The number of carbonyl (C=O) groups is 1. The summed E-state index contributed by atoms with van der Waals surface area (Å²) in [7, 11) is 0. The highest BCUT2D eigenvalue weighted by atomic mass is 16.5. The summed E-state index contributed by atoms with van der Waals surface area (Å²) < 4.78 is 5.36. The van der Waals surface area contributed by atoms with Crippen molar-refractivity contribution in [3.05, 3.63) is 11.8 Å². The average Bonchev–Trinajstić information content (AvgIpc) is 2.38. The second-order valence-corrected chi connectivity index (χ2v) is 4.28. The van der Waals surface area contributed by atoms with E-state index in [-0.39, 0.29) is 12.5 Å². The quantitative estimate of drug-likeness (QED) is 0.690. The highest BCUT2D eigenvalue weighted by Crippen LogP contribution is 2.13. The fraction of sp³-hybridized carbons (Fsp3) is 0.769. The summed E-state index contributed by atoms with van der Waals surface area (Å²) >= 11 is 0. The van der Waals surface area contributed by atoms with Crippen molar-refractivity contribution in [1.29, 1.82) is 0 Å². The molecule has 1 N–H and O–H groups in total. The number of aliphatic hydroxyl groups is 1. The first-order valence-corrected chi connectivity index (χ1v) is 6.52. The molecule has 0 spiro atoms. The molecule has 1 aliphatic rings. The Bertz CT molecular complexity index is 263. The van der Waals surface area contributed by atoms with Crippen LogP contribution in [-0.4, -0.2) is 42.2 Å². The number of carbonyl (C=O) groups excluding carboxylic acids is 1. The van der Waals surface area contributed by atoms with Gasteiger partial charge in [-0.2, -0.15) is 0 Å². The molecule has 0 aromatic carbocycles. The topological polar surface area (TPSA) is 49.8 Å². The minimum Gasteiger partial charge on any atom is -0.488 e. The van der Waals surface area contributed by atoms with Crippen LogP contribution in [0.5, 0.6) is 0 Å². The number of ether oxygens (including phenoxy) is 1. The van der Waals surface area contributed by atoms with E-state index in [0.717, 1.165) is 32.1 Å². The van der Waals surface area contributed by atoms with Crippen LogP contribution in [0.1, 0.15) is 39.0 Å². The van der Waals surface area contributed by atoms with Gasteiger partial charge < -0.3 is 14.7 Å². The number of nitrogens with zero attached hydrogens (tertiary/aromatic N) is 1. The smallest absolute Gasteiger partial charge is 0.288 e. The standard InChI is InChI=1S/C13H23NO3/c1-2-3-5-8-14(9-10-15)13(16)12-7-4-6-11-17-12/h7,15H,2-6,8-11H2,1H3. The van der Waals surface area contributed by atoms with E-state index in [1.807, 2.05) is 6.08 Å². The van der Waals surface area contributed by atoms with Gasteiger partial charge in [0, 0.05) is 13.1 Å². The van der Waals surface area contributed by atoms with Crippen LogP contribution in [0, 0.1) is 0 Å². The van der Waals surface area contributed by atoms with E-state index in [1.165, 1.54) is 0 Å². The number of allylic oxidation sites excluding steroid dienone is 1. The molecular formula is C13H23NO3. The summed E-state index contributed by atoms with van der Waals surface area (Å²) in [5.41, 5.74) is 0. The van der Waals surface area contributed by atoms with E-state index in [2.05, 4.69) is 6.92 Å². The third-order valence-electron chi connectivity index (χ3n) is 2.84. The Hall–Kier alpha value is -1.03. The van der Waals surface area contributed by atoms with Gasteiger partial charge in [-0.1, -0.05) is 19.8 Å². The lowest BCUT2D eigenvalue weighted by molar-refractivity contribution is -0.131. The Kier molecular flexibility index (Phi) is 6.70. The van der Waals surface area contributed by atoms with Gasteiger partial charge in [0.2, 0.25) is 0 Å². The molecular weight excluding hydrogens is 218 g/mol. The van der Waals surface area contributed by atoms with Crippen LogP contribution in [0.4, 0.5) is 0 Å². The van der Waals surface area contributed by atoms with Gasteiger partial charge in [-0.15, -0.1) is 0 Å². The predicted molar refractivity (Wildman–Crippen MR) is 66.5 cm³/mol. The minimum absolute atomic E-state index is 0.00510. The number of hydrogen-bond acceptors (Lipinski definition) is 3. The molecule has 4 heteroatoms. The van der Waals surface area contributed by atoms with Crippen LogP contribution >= 0.6 is 0 Å². The highest BCUT2D eigenvalue weighted by Gasteiger charge is 2.20. The predicted octanol–water partition coefficient (Wildman–Crippen LogP) is 1.69. The molecule has 0 aliphatic carbocycles. The third-order valence-corrected chi connectivity index (χ3v) is 2.84. The number of amides is 1. The van der Waals surface area contributed by atoms with Crippen LogP contribution in [0.25, 0.3) is 0 Å². The third kappa shape index (κ3) is 4.77. The molecule has 0 bridgehead atoms. The summed E-state index contributed by atoms with van der Waals surface area (Å²) in [6.45, 7) is 3.85. The van der Waals surface area contributed by atoms with Crippen LogP contribution < -0.4 is 0 Å². The van der Waals surface area contributed by atoms with Gasteiger partial charge in [0.1, 0.15) is 0 Å². The van der Waals surface area contributed by atoms with Gasteiger partial charge >= 0.3 is 0 Å². The molecule has 0 aromatic rings. The molecule has 1 amide bonds. The first-order valence-electron chi connectivity index (χ1n) is 6.52. The SMILES string of the molecule is CCCCCN(CCO)C(=O)C1=CCCCO1. The van der Waals surface area contributed by atoms with Gasteiger partial charge in [0.25, 0.3) is 5.91 Å². The Morgan fingerprint density at radius 1 is 1.47 bits per heavy atom. The number of unbranched alkanes of at least 4 members (excludes halogenated alkanes) is 2. The van der Waals surface area contributed by atoms with Crippen molar-refractivity contribution in [2.45, 2.75) is 39.0 Å². The van der Waals surface area contributed by atoms with Crippen molar-refractivity contribution in [3.63, 3.8) is 0 Å². The van der Waals surface area contributed by atoms with Crippen molar-refractivity contribution < 1.29 is 14.6 Å². The fourth-order valence-corrected chi connectivity index (χ4v) is 1.85. The molecule has 0 unspecified atom stereocenters. The highest BCUT2D eigenvalue weighted by molar-refractivity contribution is 5.91. The molecule has 0 fully saturated rings. The lowest BCUT2D eigenvalue weighted by Crippen LogP contribution is -2.36. The second-order valence-electron chi connectivity index (χ2n) is 4.28. The van der Waals surface area contributed by atoms with Gasteiger partial charge in [-0.05, 0) is 25.3 Å². The van der Waals surface area contributed by atoms with Gasteiger partial charge in [-0.25, -0.2) is 0 Å². The first-order chi connectivity index (χ1) is 8.29. The van der Waals surface area contributed by atoms with Crippen molar-refractivity contribution in [2.75, 3.05) is 26.3 Å². The summed E-state index contributed by atoms with van der Waals surface area (Å²) in [4.78, 5) is 13.8. The second kappa shape index (κ2) is 8.12. The molecule has 1 rings (SSSR count). The lowest BCUT2D eigenvalue weighted by Gasteiger charge is -2.24. The maximum atomic E-state index is 12.1. The number of rotatable bonds is 7. The van der Waals surface area contributed by atoms with E-state index in [0.29, 0.717) is 25.5 Å². The number of aliphatic hydroxyl groups excluding tert-OH is 1. The Morgan fingerprint density at radius 2 is 2.29 bits per heavy atom. The molecule has 1 aliphatic heterocycles. The van der Waals surface area contributed by atoms with Crippen molar-refractivity contribution in [3.8, 4) is 0 Å². The summed E-state index contributed by atoms with van der Waals surface area (Å²) in [5, 5.41) is 8.99. The Labute approximate surface area is 103 Å². The summed E-state index contributed by atoms with van der Waals surface area (Å²) in [6, 6.07) is 0.